The first-order valence-electron chi connectivity index (χ1n) is 14.9. The van der Waals surface area contributed by atoms with Crippen molar-refractivity contribution in [3.63, 3.8) is 0 Å². The third-order valence-electron chi connectivity index (χ3n) is 8.65. The van der Waals surface area contributed by atoms with Crippen LogP contribution >= 0.6 is 0 Å². The minimum absolute atomic E-state index is 0. The molecule has 0 saturated carbocycles. The zero-order valence-electron chi connectivity index (χ0n) is 25.1. The number of unbranched alkanes of at least 4 members (excludes halogenated alkanes) is 1. The van der Waals surface area contributed by atoms with Crippen molar-refractivity contribution < 1.29 is 46.1 Å². The number of fused-ring (bicyclic) bond motifs is 3. The van der Waals surface area contributed by atoms with Crippen molar-refractivity contribution in [1.29, 1.82) is 0 Å². The molecule has 0 N–H and O–H groups in total. The van der Waals surface area contributed by atoms with Gasteiger partial charge >= 0.3 is 250 Å². The molecule has 1 atom stereocenters. The molecule has 1 unspecified atom stereocenters. The molecule has 0 spiro atoms. The van der Waals surface area contributed by atoms with E-state index in [0.717, 1.165) is 0 Å². The van der Waals surface area contributed by atoms with Gasteiger partial charge in [0, 0.05) is 0 Å². The van der Waals surface area contributed by atoms with Gasteiger partial charge in [0.05, 0.1) is 0 Å². The molecule has 214 valence electrons. The van der Waals surface area contributed by atoms with Gasteiger partial charge in [-0.1, -0.05) is 0 Å². The van der Waals surface area contributed by atoms with Crippen molar-refractivity contribution >= 4 is 3.21 Å². The van der Waals surface area contributed by atoms with Crippen LogP contribution in [0, 0.1) is 11.3 Å². The SMILES string of the molecule is CCCCC1C=C(C(C)(C)C)C=[C]1[Zr+2](=[C](c1ccccc1)c1ccccc1)[CH]1c2ccccc2-c2ccccc21.[Cl-].[Cl-]. The van der Waals surface area contributed by atoms with Crippen LogP contribution in [-0.2, 0) is 21.3 Å². The van der Waals surface area contributed by atoms with Gasteiger partial charge in [0.1, 0.15) is 0 Å². The Balaban J connectivity index is 0.00000202. The Morgan fingerprint density at radius 2 is 1.14 bits per heavy atom. The van der Waals surface area contributed by atoms with Crippen molar-refractivity contribution in [3.05, 3.63) is 152 Å². The maximum Gasteiger partial charge on any atom is -1.00 e. The molecule has 0 aliphatic heterocycles. The average Bonchev–Trinajstić information content (AvgIpc) is 3.56. The average molecular weight is 671 g/mol. The van der Waals surface area contributed by atoms with Crippen molar-refractivity contribution in [2.75, 3.05) is 0 Å². The Hall–Kier alpha value is -2.31. The fourth-order valence-corrected chi connectivity index (χ4v) is 16.3. The van der Waals surface area contributed by atoms with Gasteiger partial charge in [-0.15, -0.1) is 0 Å². The summed E-state index contributed by atoms with van der Waals surface area (Å²) in [5.74, 6) is 0.533. The standard InChI is InChI=1S/C13H9.C13H10.C13H21.2ClH.Zr/c1-3-7-12-10(5-1)9-11-6-2-4-8-13(11)12;1-3-7-12(8-4-1)11-13-9-5-2-6-10-13;1-5-6-7-11-8-9-12(10-11)13(2,3)4;;;/h1-9H;1-10H;9-11H,5-7H2,1-4H3;2*1H;/q;;;;;+2/p-2. The molecule has 0 heterocycles. The monoisotopic (exact) mass is 668 g/mol. The van der Waals surface area contributed by atoms with Crippen LogP contribution in [0.3, 0.4) is 0 Å². The molecule has 0 fully saturated rings. The van der Waals surface area contributed by atoms with E-state index >= 15 is 0 Å². The predicted molar refractivity (Wildman–Crippen MR) is 168 cm³/mol. The quantitative estimate of drug-likeness (QED) is 0.275. The number of benzene rings is 4. The van der Waals surface area contributed by atoms with Crippen LogP contribution in [0.4, 0.5) is 0 Å². The Morgan fingerprint density at radius 1 is 0.667 bits per heavy atom. The Kier molecular flexibility index (Phi) is 10.9. The summed E-state index contributed by atoms with van der Waals surface area (Å²) in [6.07, 6.45) is 9.11. The molecule has 4 aromatic rings. The van der Waals surface area contributed by atoms with E-state index in [2.05, 4.69) is 149 Å². The van der Waals surface area contributed by atoms with Crippen LogP contribution in [0.1, 0.15) is 72.8 Å². The number of hydrogen-bond donors (Lipinski definition) is 0. The van der Waals surface area contributed by atoms with Gasteiger partial charge in [0.15, 0.2) is 0 Å². The van der Waals surface area contributed by atoms with E-state index in [1.54, 1.807) is 17.6 Å². The summed E-state index contributed by atoms with van der Waals surface area (Å²) in [7, 11) is 0. The third-order valence-corrected chi connectivity index (χ3v) is 17.1. The van der Waals surface area contributed by atoms with Crippen molar-refractivity contribution in [3.8, 4) is 11.1 Å². The second kappa shape index (κ2) is 14.0. The summed E-state index contributed by atoms with van der Waals surface area (Å²) >= 11 is -2.73. The summed E-state index contributed by atoms with van der Waals surface area (Å²) in [6, 6.07) is 41.2. The predicted octanol–water partition coefficient (Wildman–Crippen LogP) is 4.33. The first-order chi connectivity index (χ1) is 19.5. The summed E-state index contributed by atoms with van der Waals surface area (Å²) in [6.45, 7) is 9.49. The molecule has 2 aliphatic rings. The van der Waals surface area contributed by atoms with E-state index in [0.29, 0.717) is 9.54 Å². The van der Waals surface area contributed by atoms with Crippen LogP contribution < -0.4 is 24.8 Å². The second-order valence-corrected chi connectivity index (χ2v) is 18.4. The minimum atomic E-state index is -2.73. The third kappa shape index (κ3) is 6.31. The van der Waals surface area contributed by atoms with Crippen molar-refractivity contribution in [2.45, 2.75) is 50.6 Å². The molecule has 0 radical (unpaired) electrons. The molecule has 0 saturated heterocycles. The van der Waals surface area contributed by atoms with Crippen LogP contribution in [0.5, 0.6) is 0 Å². The van der Waals surface area contributed by atoms with E-state index in [4.69, 9.17) is 0 Å². The van der Waals surface area contributed by atoms with E-state index < -0.39 is 21.3 Å². The van der Waals surface area contributed by atoms with Crippen molar-refractivity contribution in [2.24, 2.45) is 11.3 Å². The largest absolute Gasteiger partial charge is 1.00 e. The molecule has 0 aromatic heterocycles. The number of hydrogen-bond acceptors (Lipinski definition) is 0. The summed E-state index contributed by atoms with van der Waals surface area (Å²) in [5.41, 5.74) is 10.5. The molecule has 6 rings (SSSR count). The fraction of sp³-hybridized carbons (Fsp3) is 0.256. The molecule has 3 heteroatoms. The number of allylic oxidation sites excluding steroid dienone is 4. The topological polar surface area (TPSA) is 0 Å². The second-order valence-electron chi connectivity index (χ2n) is 12.3. The van der Waals surface area contributed by atoms with Gasteiger partial charge < -0.3 is 24.8 Å². The van der Waals surface area contributed by atoms with Crippen LogP contribution in [0.2, 0.25) is 0 Å². The van der Waals surface area contributed by atoms with E-state index in [1.807, 2.05) is 0 Å². The molecule has 2 aliphatic carbocycles. The normalized spacial score (nSPS) is 15.3. The van der Waals surface area contributed by atoms with E-state index in [-0.39, 0.29) is 30.2 Å². The van der Waals surface area contributed by atoms with Gasteiger partial charge in [-0.2, -0.15) is 0 Å². The molecule has 0 amide bonds. The smallest absolute Gasteiger partial charge is 1.00 e. The molecule has 42 heavy (non-hydrogen) atoms. The van der Waals surface area contributed by atoms with Crippen molar-refractivity contribution in [1.82, 2.24) is 0 Å². The van der Waals surface area contributed by atoms with Gasteiger partial charge in [-0.25, -0.2) is 0 Å². The zero-order valence-corrected chi connectivity index (χ0v) is 29.0. The van der Waals surface area contributed by atoms with Gasteiger partial charge in [0.2, 0.25) is 0 Å². The maximum atomic E-state index is 2.69. The van der Waals surface area contributed by atoms with Crippen LogP contribution in [-0.4, -0.2) is 3.21 Å². The first kappa shape index (κ1) is 32.6. The Labute approximate surface area is 273 Å². The van der Waals surface area contributed by atoms with E-state index in [1.165, 1.54) is 47.1 Å². The van der Waals surface area contributed by atoms with Crippen LogP contribution in [0.25, 0.3) is 11.1 Å². The molecular formula is C39H40Cl2Zr. The molecule has 0 nitrogen and oxygen atoms in total. The Morgan fingerprint density at radius 3 is 1.62 bits per heavy atom. The first-order valence-corrected chi connectivity index (χ1v) is 18.8. The summed E-state index contributed by atoms with van der Waals surface area (Å²) in [5, 5.41) is 0. The summed E-state index contributed by atoms with van der Waals surface area (Å²) < 4.78 is 3.87. The van der Waals surface area contributed by atoms with Crippen LogP contribution in [0.15, 0.2) is 130 Å². The zero-order chi connectivity index (χ0) is 27.7. The number of rotatable bonds is 7. The van der Waals surface area contributed by atoms with Gasteiger partial charge in [0.25, 0.3) is 0 Å². The molecule has 4 aromatic carbocycles. The molecular weight excluding hydrogens is 631 g/mol. The van der Waals surface area contributed by atoms with Gasteiger partial charge in [-0.3, -0.25) is 0 Å². The minimum Gasteiger partial charge on any atom is -1.00 e. The maximum absolute atomic E-state index is 2.73. The Bertz CT molecular complexity index is 1520. The van der Waals surface area contributed by atoms with Gasteiger partial charge in [-0.05, 0) is 0 Å². The van der Waals surface area contributed by atoms with E-state index in [9.17, 15) is 0 Å². The number of halogens is 2. The fourth-order valence-electron chi connectivity index (χ4n) is 6.65. The molecule has 0 bridgehead atoms. The summed E-state index contributed by atoms with van der Waals surface area (Å²) in [4.78, 5) is 0.